The van der Waals surface area contributed by atoms with E-state index in [9.17, 15) is 0 Å². The highest BCUT2D eigenvalue weighted by molar-refractivity contribution is 5.85. The van der Waals surface area contributed by atoms with E-state index in [0.717, 1.165) is 13.1 Å². The normalized spacial score (nSPS) is 11.4. The molecule has 0 radical (unpaired) electrons. The van der Waals surface area contributed by atoms with E-state index in [1.807, 2.05) is 0 Å². The van der Waals surface area contributed by atoms with Gasteiger partial charge in [-0.15, -0.1) is 0 Å². The first-order valence-electron chi connectivity index (χ1n) is 6.60. The highest BCUT2D eigenvalue weighted by Crippen LogP contribution is 2.18. The van der Waals surface area contributed by atoms with Gasteiger partial charge in [-0.2, -0.15) is 0 Å². The Bertz CT molecular complexity index is 505. The number of anilines is 1. The van der Waals surface area contributed by atoms with Crippen LogP contribution in [-0.2, 0) is 0 Å². The van der Waals surface area contributed by atoms with Gasteiger partial charge in [0.2, 0.25) is 0 Å². The monoisotopic (exact) mass is 242 g/mol. The molecule has 0 fully saturated rings. The molecule has 0 aliphatic carbocycles. The van der Waals surface area contributed by atoms with Gasteiger partial charge in [-0.3, -0.25) is 0 Å². The second-order valence-electron chi connectivity index (χ2n) is 5.06. The van der Waals surface area contributed by atoms with Crippen LogP contribution in [0.1, 0.15) is 13.8 Å². The largest absolute Gasteiger partial charge is 0.384 e. The van der Waals surface area contributed by atoms with E-state index in [2.05, 4.69) is 73.6 Å². The molecule has 0 amide bonds. The summed E-state index contributed by atoms with van der Waals surface area (Å²) in [5, 5.41) is 6.07. The minimum absolute atomic E-state index is 0.600. The minimum atomic E-state index is 0.600. The van der Waals surface area contributed by atoms with Crippen molar-refractivity contribution < 1.29 is 0 Å². The topological polar surface area (TPSA) is 15.3 Å². The van der Waals surface area contributed by atoms with Gasteiger partial charge in [-0.25, -0.2) is 0 Å². The number of nitrogens with zero attached hydrogens (tertiary/aromatic N) is 1. The second-order valence-corrected chi connectivity index (χ2v) is 5.06. The predicted octanol–water partition coefficient (Wildman–Crippen LogP) is 3.59. The van der Waals surface area contributed by atoms with Crippen molar-refractivity contribution in [2.45, 2.75) is 19.9 Å². The van der Waals surface area contributed by atoms with Crippen molar-refractivity contribution in [3.8, 4) is 0 Å². The van der Waals surface area contributed by atoms with Gasteiger partial charge < -0.3 is 10.2 Å². The Kier molecular flexibility index (Phi) is 4.21. The number of hydrogen-bond acceptors (Lipinski definition) is 2. The molecule has 2 rings (SSSR count). The Morgan fingerprint density at radius 2 is 1.78 bits per heavy atom. The van der Waals surface area contributed by atoms with Gasteiger partial charge in [0.25, 0.3) is 0 Å². The van der Waals surface area contributed by atoms with E-state index in [1.165, 1.54) is 16.5 Å². The molecule has 2 aromatic carbocycles. The number of likely N-dealkylation sites (N-methyl/N-ethyl adjacent to an activating group) is 1. The van der Waals surface area contributed by atoms with E-state index in [0.29, 0.717) is 6.04 Å². The molecule has 0 aromatic heterocycles. The Hall–Kier alpha value is -1.54. The summed E-state index contributed by atoms with van der Waals surface area (Å²) < 4.78 is 0. The maximum Gasteiger partial charge on any atom is 0.0347 e. The van der Waals surface area contributed by atoms with Gasteiger partial charge in [-0.05, 0) is 43.8 Å². The van der Waals surface area contributed by atoms with Crippen LogP contribution in [0.15, 0.2) is 42.5 Å². The molecule has 0 aliphatic rings. The summed E-state index contributed by atoms with van der Waals surface area (Å²) in [6, 6.07) is 15.6. The van der Waals surface area contributed by atoms with Crippen LogP contribution in [-0.4, -0.2) is 31.1 Å². The van der Waals surface area contributed by atoms with Gasteiger partial charge in [0.05, 0.1) is 0 Å². The van der Waals surface area contributed by atoms with Crippen LogP contribution in [0.4, 0.5) is 5.69 Å². The lowest BCUT2D eigenvalue weighted by atomic mass is 10.1. The quantitative estimate of drug-likeness (QED) is 0.862. The molecule has 0 atom stereocenters. The molecule has 0 unspecified atom stereocenters. The Morgan fingerprint density at radius 1 is 1.06 bits per heavy atom. The number of hydrogen-bond donors (Lipinski definition) is 1. The van der Waals surface area contributed by atoms with Gasteiger partial charge >= 0.3 is 0 Å². The van der Waals surface area contributed by atoms with Gasteiger partial charge in [0.15, 0.2) is 0 Å². The maximum absolute atomic E-state index is 3.48. The molecule has 0 saturated carbocycles. The van der Waals surface area contributed by atoms with Crippen LogP contribution in [0.25, 0.3) is 10.8 Å². The lowest BCUT2D eigenvalue weighted by Crippen LogP contribution is -2.31. The first kappa shape index (κ1) is 12.9. The average molecular weight is 242 g/mol. The third-order valence-electron chi connectivity index (χ3n) is 3.42. The molecule has 1 N–H and O–H groups in total. The average Bonchev–Trinajstić information content (AvgIpc) is 2.38. The zero-order valence-corrected chi connectivity index (χ0v) is 11.5. The predicted molar refractivity (Wildman–Crippen MR) is 80.2 cm³/mol. The highest BCUT2D eigenvalue weighted by Gasteiger charge is 2.02. The van der Waals surface area contributed by atoms with E-state index >= 15 is 0 Å². The summed E-state index contributed by atoms with van der Waals surface area (Å²) in [6.07, 6.45) is 0. The van der Waals surface area contributed by atoms with Crippen LogP contribution in [0.5, 0.6) is 0 Å². The molecule has 0 saturated heterocycles. The molecule has 2 nitrogen and oxygen atoms in total. The van der Waals surface area contributed by atoms with Crippen LogP contribution in [0.2, 0.25) is 0 Å². The minimum Gasteiger partial charge on any atom is -0.384 e. The van der Waals surface area contributed by atoms with Crippen LogP contribution in [0.3, 0.4) is 0 Å². The van der Waals surface area contributed by atoms with Crippen molar-refractivity contribution in [1.82, 2.24) is 4.90 Å². The molecule has 96 valence electrons. The molecular weight excluding hydrogens is 220 g/mol. The fourth-order valence-electron chi connectivity index (χ4n) is 1.93. The number of benzene rings is 2. The first-order chi connectivity index (χ1) is 8.66. The lowest BCUT2D eigenvalue weighted by Gasteiger charge is -2.21. The first-order valence-corrected chi connectivity index (χ1v) is 6.60. The van der Waals surface area contributed by atoms with Gasteiger partial charge in [0, 0.05) is 24.8 Å². The van der Waals surface area contributed by atoms with Crippen molar-refractivity contribution in [3.63, 3.8) is 0 Å². The molecular formula is C16H22N2. The molecule has 2 aromatic rings. The summed E-state index contributed by atoms with van der Waals surface area (Å²) in [6.45, 7) is 6.48. The van der Waals surface area contributed by atoms with Crippen molar-refractivity contribution in [1.29, 1.82) is 0 Å². The molecule has 0 bridgehead atoms. The summed E-state index contributed by atoms with van der Waals surface area (Å²) in [4.78, 5) is 2.34. The fraction of sp³-hybridized carbons (Fsp3) is 0.375. The lowest BCUT2D eigenvalue weighted by molar-refractivity contribution is 0.284. The third kappa shape index (κ3) is 3.23. The molecule has 2 heteroatoms. The smallest absolute Gasteiger partial charge is 0.0347 e. The Balaban J connectivity index is 1.96. The van der Waals surface area contributed by atoms with Gasteiger partial charge in [-0.1, -0.05) is 30.3 Å². The zero-order valence-electron chi connectivity index (χ0n) is 11.5. The van der Waals surface area contributed by atoms with E-state index in [4.69, 9.17) is 0 Å². The number of fused-ring (bicyclic) bond motifs is 1. The molecule has 0 spiro atoms. The van der Waals surface area contributed by atoms with Crippen LogP contribution < -0.4 is 5.32 Å². The fourth-order valence-corrected chi connectivity index (χ4v) is 1.93. The highest BCUT2D eigenvalue weighted by atomic mass is 15.1. The van der Waals surface area contributed by atoms with E-state index in [-0.39, 0.29) is 0 Å². The van der Waals surface area contributed by atoms with Crippen molar-refractivity contribution >= 4 is 16.5 Å². The Morgan fingerprint density at radius 3 is 2.50 bits per heavy atom. The number of nitrogens with one attached hydrogen (secondary N) is 1. The van der Waals surface area contributed by atoms with E-state index < -0.39 is 0 Å². The third-order valence-corrected chi connectivity index (χ3v) is 3.42. The molecule has 0 heterocycles. The zero-order chi connectivity index (χ0) is 13.0. The SMILES string of the molecule is CC(C)N(C)CCNc1ccc2ccccc2c1. The van der Waals surface area contributed by atoms with E-state index in [1.54, 1.807) is 0 Å². The molecule has 0 aliphatic heterocycles. The van der Waals surface area contributed by atoms with Crippen molar-refractivity contribution in [2.75, 3.05) is 25.5 Å². The van der Waals surface area contributed by atoms with Crippen molar-refractivity contribution in [3.05, 3.63) is 42.5 Å². The summed E-state index contributed by atoms with van der Waals surface area (Å²) in [5.41, 5.74) is 1.20. The van der Waals surface area contributed by atoms with Crippen LogP contribution >= 0.6 is 0 Å². The number of rotatable bonds is 5. The standard InChI is InChI=1S/C16H22N2/c1-13(2)18(3)11-10-17-16-9-8-14-6-4-5-7-15(14)12-16/h4-9,12-13,17H,10-11H2,1-3H3. The molecule has 18 heavy (non-hydrogen) atoms. The summed E-state index contributed by atoms with van der Waals surface area (Å²) >= 11 is 0. The van der Waals surface area contributed by atoms with Gasteiger partial charge in [0.1, 0.15) is 0 Å². The Labute approximate surface area is 110 Å². The summed E-state index contributed by atoms with van der Waals surface area (Å²) in [5.74, 6) is 0. The van der Waals surface area contributed by atoms with Crippen LogP contribution in [0, 0.1) is 0 Å². The second kappa shape index (κ2) is 5.87. The van der Waals surface area contributed by atoms with Crippen molar-refractivity contribution in [2.24, 2.45) is 0 Å². The maximum atomic E-state index is 3.48. The summed E-state index contributed by atoms with van der Waals surface area (Å²) in [7, 11) is 2.16.